The highest BCUT2D eigenvalue weighted by atomic mass is 32.2. The third-order valence-corrected chi connectivity index (χ3v) is 15.7. The number of fused-ring (bicyclic) bond motifs is 6. The molecule has 356 valence electrons. The van der Waals surface area contributed by atoms with Crippen molar-refractivity contribution in [2.45, 2.75) is 48.6 Å². The number of aromatic nitrogens is 2. The molecule has 1 aliphatic rings. The van der Waals surface area contributed by atoms with Crippen LogP contribution in [0.5, 0.6) is 0 Å². The first kappa shape index (κ1) is 48.6. The van der Waals surface area contributed by atoms with E-state index in [-0.39, 0.29) is 0 Å². The van der Waals surface area contributed by atoms with Crippen molar-refractivity contribution >= 4 is 41.3 Å². The van der Waals surface area contributed by atoms with Gasteiger partial charge in [0, 0.05) is 106 Å². The zero-order valence-electron chi connectivity index (χ0n) is 39.3. The molecular weight excluding hydrogens is 905 g/mol. The topological polar surface area (TPSA) is 188 Å². The highest BCUT2D eigenvalue weighted by Gasteiger charge is 2.33. The average Bonchev–Trinajstić information content (AvgIpc) is 3.88. The summed E-state index contributed by atoms with van der Waals surface area (Å²) in [5.41, 5.74) is 37.6. The Balaban J connectivity index is 0.000000174. The van der Waals surface area contributed by atoms with Crippen LogP contribution in [0, 0.1) is 0 Å². The molecule has 0 spiro atoms. The third kappa shape index (κ3) is 11.0. The van der Waals surface area contributed by atoms with Gasteiger partial charge >= 0.3 is 0 Å². The Morgan fingerprint density at radius 1 is 0.429 bits per heavy atom. The van der Waals surface area contributed by atoms with Crippen molar-refractivity contribution in [1.82, 2.24) is 20.6 Å². The molecule has 70 heavy (non-hydrogen) atoms. The third-order valence-electron chi connectivity index (χ3n) is 12.7. The molecule has 10 rings (SSSR count). The van der Waals surface area contributed by atoms with Crippen LogP contribution in [0.4, 0.5) is 0 Å². The Labute approximate surface area is 415 Å². The predicted octanol–water partition coefficient (Wildman–Crippen LogP) is 9.89. The summed E-state index contributed by atoms with van der Waals surface area (Å²) in [5, 5.41) is 9.22. The van der Waals surface area contributed by atoms with Crippen LogP contribution in [0.15, 0.2) is 168 Å². The Morgan fingerprint density at radius 2 is 0.843 bits per heavy atom. The fraction of sp³-hybridized carbons (Fsp3) is 0.207. The molecule has 0 aliphatic carbocycles. The number of nitrogens with one attached hydrogen (secondary N) is 2. The normalized spacial score (nSPS) is 12.5. The molecule has 3 aromatic heterocycles. The zero-order chi connectivity index (χ0) is 48.5. The lowest BCUT2D eigenvalue weighted by atomic mass is 9.94. The molecule has 0 unspecified atom stereocenters. The van der Waals surface area contributed by atoms with E-state index in [0.29, 0.717) is 36.0 Å². The largest absolute Gasteiger partial charge is 0.330 e. The lowest BCUT2D eigenvalue weighted by Crippen LogP contribution is -2.21. The Bertz CT molecular complexity index is 3170. The van der Waals surface area contributed by atoms with Gasteiger partial charge in [-0.1, -0.05) is 72.8 Å². The summed E-state index contributed by atoms with van der Waals surface area (Å²) in [6.45, 7) is 5.70. The SMILES string of the molecule is NCCCc1cccc(-c2ccc3c(c2)-c2cc(-c4cccc(CCCN)c4)ccc2S3(=O)=O)c1.NCCNCc1cncc(-c2ccc3sc4ccc(-c5cncc(CNCCN)c5)cc4c3c2)c1. The molecule has 0 fully saturated rings. The quantitative estimate of drug-likeness (QED) is 0.0452. The monoisotopic (exact) mass is 964 g/mol. The van der Waals surface area contributed by atoms with Gasteiger partial charge in [0.25, 0.3) is 0 Å². The summed E-state index contributed by atoms with van der Waals surface area (Å²) in [6, 6.07) is 46.0. The molecule has 0 amide bonds. The highest BCUT2D eigenvalue weighted by Crippen LogP contribution is 2.46. The number of nitrogens with two attached hydrogens (primary N) is 4. The minimum Gasteiger partial charge on any atom is -0.330 e. The molecular formula is C58H60N8O2S2. The van der Waals surface area contributed by atoms with E-state index in [4.69, 9.17) is 22.9 Å². The molecule has 10 N–H and O–H groups in total. The standard InChI is InChI=1S/C30H30N2O2S.C28H30N6S/c31-15-3-7-21-5-1-9-23(17-21)25-11-13-29-27(19-25)28-20-26(12-14-30(28)35(29,33)34)24-10-2-6-22(18-24)8-4-16-32;29-5-7-31-13-19-9-23(17-33-15-19)21-1-3-27-25(11-21)26-12-22(2-4-28(26)35-27)24-10-20(16-34-18-24)14-32-8-6-30/h1-2,5-6,9-14,17-20H,3-4,7-8,15-16,31-32H2;1-4,9-12,15-18,31-32H,5-8,13-14,29-30H2. The van der Waals surface area contributed by atoms with E-state index in [1.165, 1.54) is 42.4 Å². The average molecular weight is 965 g/mol. The van der Waals surface area contributed by atoms with E-state index in [0.717, 1.165) is 107 Å². The van der Waals surface area contributed by atoms with Gasteiger partial charge in [0.1, 0.15) is 0 Å². The van der Waals surface area contributed by atoms with Crippen LogP contribution in [-0.4, -0.2) is 57.7 Å². The van der Waals surface area contributed by atoms with Crippen LogP contribution in [0.1, 0.15) is 35.1 Å². The molecule has 12 heteroatoms. The van der Waals surface area contributed by atoms with E-state index in [2.05, 4.69) is 118 Å². The summed E-state index contributed by atoms with van der Waals surface area (Å²) in [6.07, 6.45) is 11.4. The number of thiophene rings is 1. The van der Waals surface area contributed by atoms with Crippen LogP contribution in [-0.2, 0) is 35.8 Å². The van der Waals surface area contributed by atoms with E-state index in [1.54, 1.807) is 12.1 Å². The smallest absolute Gasteiger partial charge is 0.207 e. The number of sulfone groups is 1. The second kappa shape index (κ2) is 22.5. The second-order valence-corrected chi connectivity index (χ2v) is 20.7. The van der Waals surface area contributed by atoms with E-state index in [9.17, 15) is 8.42 Å². The predicted molar refractivity (Wildman–Crippen MR) is 290 cm³/mol. The van der Waals surface area contributed by atoms with Crippen molar-refractivity contribution in [1.29, 1.82) is 0 Å². The Morgan fingerprint density at radius 3 is 1.29 bits per heavy atom. The number of rotatable bonds is 18. The van der Waals surface area contributed by atoms with Gasteiger partial charge in [-0.15, -0.1) is 11.3 Å². The molecule has 0 bridgehead atoms. The molecule has 0 saturated carbocycles. The van der Waals surface area contributed by atoms with Gasteiger partial charge in [-0.05, 0) is 155 Å². The molecule has 10 nitrogen and oxygen atoms in total. The maximum atomic E-state index is 13.3. The van der Waals surface area contributed by atoms with Crippen molar-refractivity contribution in [3.63, 3.8) is 0 Å². The van der Waals surface area contributed by atoms with Crippen molar-refractivity contribution in [2.75, 3.05) is 39.3 Å². The Hall–Kier alpha value is -6.45. The van der Waals surface area contributed by atoms with Crippen LogP contribution in [0.25, 0.3) is 75.8 Å². The first-order chi connectivity index (χ1) is 34.3. The van der Waals surface area contributed by atoms with E-state index < -0.39 is 9.84 Å². The van der Waals surface area contributed by atoms with Gasteiger partial charge < -0.3 is 33.6 Å². The summed E-state index contributed by atoms with van der Waals surface area (Å²) in [4.78, 5) is 9.70. The van der Waals surface area contributed by atoms with Gasteiger partial charge in [0.15, 0.2) is 0 Å². The number of hydrogen-bond donors (Lipinski definition) is 6. The second-order valence-electron chi connectivity index (χ2n) is 17.7. The molecule has 0 radical (unpaired) electrons. The molecule has 6 aromatic carbocycles. The molecule has 0 atom stereocenters. The maximum absolute atomic E-state index is 13.3. The zero-order valence-corrected chi connectivity index (χ0v) is 41.0. The van der Waals surface area contributed by atoms with Crippen LogP contribution in [0.2, 0.25) is 0 Å². The summed E-state index contributed by atoms with van der Waals surface area (Å²) < 4.78 is 29.2. The van der Waals surface area contributed by atoms with Gasteiger partial charge in [-0.25, -0.2) is 8.42 Å². The van der Waals surface area contributed by atoms with Gasteiger partial charge in [-0.2, -0.15) is 0 Å². The lowest BCUT2D eigenvalue weighted by Gasteiger charge is -2.09. The fourth-order valence-electron chi connectivity index (χ4n) is 9.14. The first-order valence-electron chi connectivity index (χ1n) is 24.0. The number of aryl methyl sites for hydroxylation is 2. The number of hydrogen-bond acceptors (Lipinski definition) is 11. The Kier molecular flexibility index (Phi) is 15.6. The lowest BCUT2D eigenvalue weighted by molar-refractivity contribution is 0.598. The molecule has 9 aromatic rings. The molecule has 4 heterocycles. The summed E-state index contributed by atoms with van der Waals surface area (Å²) >= 11 is 1.83. The van der Waals surface area contributed by atoms with E-state index >= 15 is 0 Å². The van der Waals surface area contributed by atoms with Gasteiger partial charge in [0.05, 0.1) is 9.79 Å². The van der Waals surface area contributed by atoms with Crippen molar-refractivity contribution in [3.8, 4) is 55.6 Å². The summed E-state index contributed by atoms with van der Waals surface area (Å²) in [5.74, 6) is 0. The van der Waals surface area contributed by atoms with Gasteiger partial charge in [0.2, 0.25) is 9.84 Å². The number of benzene rings is 6. The van der Waals surface area contributed by atoms with E-state index in [1.807, 2.05) is 60.4 Å². The van der Waals surface area contributed by atoms with Gasteiger partial charge in [-0.3, -0.25) is 9.97 Å². The number of pyridine rings is 2. The maximum Gasteiger partial charge on any atom is 0.207 e. The molecule has 0 saturated heterocycles. The molecule has 1 aliphatic heterocycles. The summed E-state index contributed by atoms with van der Waals surface area (Å²) in [7, 11) is -3.53. The minimum absolute atomic E-state index is 0.379. The number of nitrogens with zero attached hydrogens (tertiary/aromatic N) is 2. The highest BCUT2D eigenvalue weighted by molar-refractivity contribution is 7.92. The minimum atomic E-state index is -3.53. The van der Waals surface area contributed by atoms with Crippen LogP contribution in [0.3, 0.4) is 0 Å². The van der Waals surface area contributed by atoms with Crippen molar-refractivity contribution in [2.24, 2.45) is 22.9 Å². The van der Waals surface area contributed by atoms with Crippen LogP contribution >= 0.6 is 11.3 Å². The van der Waals surface area contributed by atoms with Crippen molar-refractivity contribution < 1.29 is 8.42 Å². The first-order valence-corrected chi connectivity index (χ1v) is 26.3. The van der Waals surface area contributed by atoms with Crippen LogP contribution < -0.4 is 33.6 Å². The van der Waals surface area contributed by atoms with Crippen molar-refractivity contribution in [3.05, 3.63) is 181 Å². The fourth-order valence-corrected chi connectivity index (χ4v) is 11.9.